The minimum absolute atomic E-state index is 0.0761. The van der Waals surface area contributed by atoms with Crippen molar-refractivity contribution < 1.29 is 19.5 Å². The lowest BCUT2D eigenvalue weighted by Gasteiger charge is -2.11. The Bertz CT molecular complexity index is 1380. The van der Waals surface area contributed by atoms with E-state index in [0.717, 1.165) is 16.1 Å². The molecule has 4 aromatic carbocycles. The Morgan fingerprint density at radius 2 is 1.47 bits per heavy atom. The van der Waals surface area contributed by atoms with Crippen LogP contribution in [0.4, 0.5) is 11.4 Å². The molecule has 7 heteroatoms. The number of carboxylic acids is 1. The molecule has 6 nitrogen and oxygen atoms in total. The van der Waals surface area contributed by atoms with E-state index in [1.54, 1.807) is 48.5 Å². The number of carbonyl (C=O) groups excluding carboxylic acids is 2. The Morgan fingerprint density at radius 3 is 2.18 bits per heavy atom. The number of fused-ring (bicyclic) bond motifs is 1. The van der Waals surface area contributed by atoms with Gasteiger partial charge >= 0.3 is 5.97 Å². The van der Waals surface area contributed by atoms with E-state index >= 15 is 0 Å². The molecule has 0 radical (unpaired) electrons. The van der Waals surface area contributed by atoms with Crippen molar-refractivity contribution in [3.63, 3.8) is 0 Å². The number of nitrogens with one attached hydrogen (secondary N) is 2. The van der Waals surface area contributed by atoms with Gasteiger partial charge in [0, 0.05) is 27.2 Å². The van der Waals surface area contributed by atoms with Crippen molar-refractivity contribution in [1.29, 1.82) is 0 Å². The van der Waals surface area contributed by atoms with Gasteiger partial charge in [0.25, 0.3) is 5.91 Å². The molecule has 4 rings (SSSR count). The topological polar surface area (TPSA) is 95.5 Å². The van der Waals surface area contributed by atoms with E-state index in [1.807, 2.05) is 37.3 Å². The van der Waals surface area contributed by atoms with Gasteiger partial charge in [0.15, 0.2) is 0 Å². The predicted molar refractivity (Wildman–Crippen MR) is 136 cm³/mol. The molecule has 2 amide bonds. The van der Waals surface area contributed by atoms with E-state index in [-0.39, 0.29) is 22.8 Å². The van der Waals surface area contributed by atoms with Crippen LogP contribution in [0.3, 0.4) is 0 Å². The number of carbonyl (C=O) groups is 3. The van der Waals surface area contributed by atoms with Crippen molar-refractivity contribution in [1.82, 2.24) is 0 Å². The minimum atomic E-state index is -1.09. The minimum Gasteiger partial charge on any atom is -0.478 e. The first-order chi connectivity index (χ1) is 16.4. The fraction of sp³-hybridized carbons (Fsp3) is 0.0741. The summed E-state index contributed by atoms with van der Waals surface area (Å²) >= 11 is 1.36. The number of carboxylic acid groups (broad SMARTS) is 1. The monoisotopic (exact) mass is 470 g/mol. The zero-order chi connectivity index (χ0) is 24.1. The normalized spacial score (nSPS) is 10.6. The molecule has 0 aliphatic rings. The number of anilines is 2. The van der Waals surface area contributed by atoms with Gasteiger partial charge in [0.1, 0.15) is 0 Å². The van der Waals surface area contributed by atoms with Crippen LogP contribution in [0.25, 0.3) is 10.8 Å². The van der Waals surface area contributed by atoms with Crippen LogP contribution in [-0.2, 0) is 4.79 Å². The molecule has 0 fully saturated rings. The molecule has 34 heavy (non-hydrogen) atoms. The van der Waals surface area contributed by atoms with Crippen LogP contribution < -0.4 is 10.6 Å². The van der Waals surface area contributed by atoms with Crippen LogP contribution in [0.2, 0.25) is 0 Å². The van der Waals surface area contributed by atoms with E-state index < -0.39 is 11.9 Å². The molecule has 0 aromatic heterocycles. The van der Waals surface area contributed by atoms with E-state index in [2.05, 4.69) is 10.6 Å². The van der Waals surface area contributed by atoms with E-state index in [4.69, 9.17) is 0 Å². The third kappa shape index (κ3) is 5.44. The molecule has 0 spiro atoms. The van der Waals surface area contributed by atoms with Crippen molar-refractivity contribution in [2.24, 2.45) is 0 Å². The molecule has 4 aromatic rings. The number of amides is 2. The van der Waals surface area contributed by atoms with Crippen LogP contribution >= 0.6 is 11.8 Å². The second-order valence-corrected chi connectivity index (χ2v) is 8.75. The molecule has 0 aliphatic heterocycles. The SMILES string of the molecule is Cc1ccc(NC(=O)CSc2cccc(NC(=O)c3cccc4cccc(C(=O)O)c34)c2)cc1. The molecule has 0 saturated heterocycles. The quantitative estimate of drug-likeness (QED) is 0.295. The number of benzene rings is 4. The Kier molecular flexibility index (Phi) is 6.94. The number of hydrogen-bond acceptors (Lipinski definition) is 4. The van der Waals surface area contributed by atoms with Crippen LogP contribution in [0.1, 0.15) is 26.3 Å². The van der Waals surface area contributed by atoms with Crippen molar-refractivity contribution in [3.05, 3.63) is 102 Å². The summed E-state index contributed by atoms with van der Waals surface area (Å²) in [5, 5.41) is 16.3. The molecule has 0 atom stereocenters. The smallest absolute Gasteiger partial charge is 0.336 e. The fourth-order valence-electron chi connectivity index (χ4n) is 3.55. The second-order valence-electron chi connectivity index (χ2n) is 7.70. The fourth-order valence-corrected chi connectivity index (χ4v) is 4.31. The Hall–Kier alpha value is -4.10. The first kappa shape index (κ1) is 23.1. The maximum Gasteiger partial charge on any atom is 0.336 e. The van der Waals surface area contributed by atoms with Gasteiger partial charge in [0.05, 0.1) is 11.3 Å². The first-order valence-corrected chi connectivity index (χ1v) is 11.5. The van der Waals surface area contributed by atoms with Gasteiger partial charge in [-0.25, -0.2) is 4.79 Å². The van der Waals surface area contributed by atoms with Gasteiger partial charge in [-0.2, -0.15) is 0 Å². The van der Waals surface area contributed by atoms with Gasteiger partial charge in [0.2, 0.25) is 5.91 Å². The summed E-state index contributed by atoms with van der Waals surface area (Å²) in [4.78, 5) is 37.8. The molecule has 0 bridgehead atoms. The highest BCUT2D eigenvalue weighted by atomic mass is 32.2. The van der Waals surface area contributed by atoms with Gasteiger partial charge in [-0.1, -0.05) is 48.0 Å². The molecule has 3 N–H and O–H groups in total. The number of rotatable bonds is 7. The Balaban J connectivity index is 1.45. The Morgan fingerprint density at radius 1 is 0.794 bits per heavy atom. The van der Waals surface area contributed by atoms with Crippen molar-refractivity contribution in [2.45, 2.75) is 11.8 Å². The first-order valence-electron chi connectivity index (χ1n) is 10.6. The number of thioether (sulfide) groups is 1. The second kappa shape index (κ2) is 10.2. The van der Waals surface area contributed by atoms with Crippen molar-refractivity contribution >= 4 is 51.7 Å². The third-order valence-electron chi connectivity index (χ3n) is 5.18. The van der Waals surface area contributed by atoms with E-state index in [1.165, 1.54) is 17.8 Å². The standard InChI is InChI=1S/C27H22N2O4S/c1-17-11-13-19(14-12-17)28-24(30)16-34-21-8-4-7-20(15-21)29-26(31)22-9-2-5-18-6-3-10-23(25(18)22)27(32)33/h2-15H,16H2,1H3,(H,28,30)(H,29,31)(H,32,33). The average molecular weight is 471 g/mol. The maximum absolute atomic E-state index is 13.0. The lowest BCUT2D eigenvalue weighted by atomic mass is 9.98. The van der Waals surface area contributed by atoms with Crippen LogP contribution in [0.15, 0.2) is 89.8 Å². The lowest BCUT2D eigenvalue weighted by Crippen LogP contribution is -2.14. The summed E-state index contributed by atoms with van der Waals surface area (Å²) in [7, 11) is 0. The molecule has 170 valence electrons. The summed E-state index contributed by atoms with van der Waals surface area (Å²) < 4.78 is 0. The van der Waals surface area contributed by atoms with E-state index in [0.29, 0.717) is 16.5 Å². The lowest BCUT2D eigenvalue weighted by molar-refractivity contribution is -0.113. The average Bonchev–Trinajstić information content (AvgIpc) is 2.83. The molecular formula is C27H22N2O4S. The molecular weight excluding hydrogens is 448 g/mol. The number of aryl methyl sites for hydroxylation is 1. The molecule has 0 unspecified atom stereocenters. The molecule has 0 saturated carbocycles. The largest absolute Gasteiger partial charge is 0.478 e. The highest BCUT2D eigenvalue weighted by Gasteiger charge is 2.17. The number of hydrogen-bond donors (Lipinski definition) is 3. The van der Waals surface area contributed by atoms with E-state index in [9.17, 15) is 19.5 Å². The van der Waals surface area contributed by atoms with Crippen molar-refractivity contribution in [3.8, 4) is 0 Å². The Labute approximate surface area is 201 Å². The predicted octanol–water partition coefficient (Wildman–Crippen LogP) is 5.83. The summed E-state index contributed by atoms with van der Waals surface area (Å²) in [6.07, 6.45) is 0. The third-order valence-corrected chi connectivity index (χ3v) is 6.17. The van der Waals surface area contributed by atoms with Gasteiger partial charge in [-0.15, -0.1) is 11.8 Å². The maximum atomic E-state index is 13.0. The summed E-state index contributed by atoms with van der Waals surface area (Å²) in [5.74, 6) is -1.40. The van der Waals surface area contributed by atoms with Gasteiger partial charge in [-0.3, -0.25) is 9.59 Å². The molecule has 0 heterocycles. The van der Waals surface area contributed by atoms with Gasteiger partial charge < -0.3 is 15.7 Å². The van der Waals surface area contributed by atoms with Crippen LogP contribution in [0.5, 0.6) is 0 Å². The summed E-state index contributed by atoms with van der Waals surface area (Å²) in [6.45, 7) is 1.98. The van der Waals surface area contributed by atoms with Crippen LogP contribution in [-0.4, -0.2) is 28.6 Å². The highest BCUT2D eigenvalue weighted by Crippen LogP contribution is 2.26. The van der Waals surface area contributed by atoms with Crippen LogP contribution in [0, 0.1) is 6.92 Å². The summed E-state index contributed by atoms with van der Waals surface area (Å²) in [5.41, 5.74) is 2.78. The molecule has 0 aliphatic carbocycles. The van der Waals surface area contributed by atoms with Crippen molar-refractivity contribution in [2.75, 3.05) is 16.4 Å². The highest BCUT2D eigenvalue weighted by molar-refractivity contribution is 8.00. The van der Waals surface area contributed by atoms with Gasteiger partial charge in [-0.05, 0) is 54.8 Å². The zero-order valence-electron chi connectivity index (χ0n) is 18.4. The number of aromatic carboxylic acids is 1. The zero-order valence-corrected chi connectivity index (χ0v) is 19.2. The summed E-state index contributed by atoms with van der Waals surface area (Å²) in [6, 6.07) is 24.8.